The van der Waals surface area contributed by atoms with E-state index >= 15 is 0 Å². The Morgan fingerprint density at radius 2 is 2.28 bits per heavy atom. The van der Waals surface area contributed by atoms with Gasteiger partial charge in [0.25, 0.3) is 0 Å². The molecular formula is C12H21N3O2S. The molecule has 0 aromatic carbocycles. The van der Waals surface area contributed by atoms with Gasteiger partial charge in [-0.2, -0.15) is 0 Å². The van der Waals surface area contributed by atoms with E-state index in [4.69, 9.17) is 4.74 Å². The van der Waals surface area contributed by atoms with Crippen LogP contribution in [-0.4, -0.2) is 30.8 Å². The molecule has 0 aliphatic rings. The number of thiazole rings is 1. The quantitative estimate of drug-likeness (QED) is 0.833. The highest BCUT2D eigenvalue weighted by Gasteiger charge is 2.13. The Morgan fingerprint density at radius 3 is 2.83 bits per heavy atom. The number of hydrogen-bond acceptors (Lipinski definition) is 4. The predicted octanol–water partition coefficient (Wildman–Crippen LogP) is 2.10. The van der Waals surface area contributed by atoms with Gasteiger partial charge >= 0.3 is 6.03 Å². The molecule has 2 N–H and O–H groups in total. The first-order valence-corrected chi connectivity index (χ1v) is 6.90. The van der Waals surface area contributed by atoms with Crippen molar-refractivity contribution in [2.24, 2.45) is 0 Å². The topological polar surface area (TPSA) is 63.2 Å². The van der Waals surface area contributed by atoms with Crippen molar-refractivity contribution in [2.45, 2.75) is 39.3 Å². The highest BCUT2D eigenvalue weighted by Crippen LogP contribution is 2.19. The van der Waals surface area contributed by atoms with Crippen LogP contribution in [0.2, 0.25) is 0 Å². The molecule has 18 heavy (non-hydrogen) atoms. The maximum atomic E-state index is 11.6. The Labute approximate surface area is 112 Å². The first-order chi connectivity index (χ1) is 8.56. The number of carbonyl (C=O) groups excluding carboxylic acids is 1. The molecule has 2 amide bonds. The number of aromatic nitrogens is 1. The van der Waals surface area contributed by atoms with Gasteiger partial charge in [-0.15, -0.1) is 11.3 Å². The number of nitrogens with one attached hydrogen (secondary N) is 2. The fraction of sp³-hybridized carbons (Fsp3) is 0.667. The number of carbonyl (C=O) groups is 1. The lowest BCUT2D eigenvalue weighted by Gasteiger charge is -2.14. The van der Waals surface area contributed by atoms with E-state index in [1.807, 2.05) is 20.0 Å². The SMILES string of the molecule is CCc1cnc([C@H](C)NC(=O)NC[C@H](C)OC)s1. The lowest BCUT2D eigenvalue weighted by molar-refractivity contribution is 0.118. The van der Waals surface area contributed by atoms with Crippen LogP contribution in [0.4, 0.5) is 4.79 Å². The van der Waals surface area contributed by atoms with Gasteiger partial charge in [-0.1, -0.05) is 6.92 Å². The molecule has 0 spiro atoms. The Hall–Kier alpha value is -1.14. The molecule has 0 aliphatic heterocycles. The third-order valence-corrected chi connectivity index (χ3v) is 3.91. The average molecular weight is 271 g/mol. The van der Waals surface area contributed by atoms with Gasteiger partial charge in [-0.3, -0.25) is 0 Å². The number of urea groups is 1. The van der Waals surface area contributed by atoms with Crippen LogP contribution in [0.1, 0.15) is 36.7 Å². The van der Waals surface area contributed by atoms with E-state index in [0.29, 0.717) is 6.54 Å². The van der Waals surface area contributed by atoms with Crippen molar-refractivity contribution in [3.05, 3.63) is 16.1 Å². The number of rotatable bonds is 6. The van der Waals surface area contributed by atoms with Crippen molar-refractivity contribution in [2.75, 3.05) is 13.7 Å². The van der Waals surface area contributed by atoms with Gasteiger partial charge < -0.3 is 15.4 Å². The zero-order valence-corrected chi connectivity index (χ0v) is 12.1. The van der Waals surface area contributed by atoms with Crippen LogP contribution in [-0.2, 0) is 11.2 Å². The van der Waals surface area contributed by atoms with E-state index in [2.05, 4.69) is 22.5 Å². The molecule has 102 valence electrons. The summed E-state index contributed by atoms with van der Waals surface area (Å²) in [6.07, 6.45) is 2.85. The normalized spacial score (nSPS) is 14.0. The van der Waals surface area contributed by atoms with Crippen LogP contribution < -0.4 is 10.6 Å². The van der Waals surface area contributed by atoms with Crippen LogP contribution in [0.3, 0.4) is 0 Å². The van der Waals surface area contributed by atoms with Crippen LogP contribution in [0.15, 0.2) is 6.20 Å². The van der Waals surface area contributed by atoms with Crippen LogP contribution in [0.5, 0.6) is 0 Å². The van der Waals surface area contributed by atoms with E-state index in [9.17, 15) is 4.79 Å². The van der Waals surface area contributed by atoms with Crippen molar-refractivity contribution >= 4 is 17.4 Å². The molecule has 0 unspecified atom stereocenters. The molecule has 0 bridgehead atoms. The van der Waals surface area contributed by atoms with Crippen molar-refractivity contribution < 1.29 is 9.53 Å². The third kappa shape index (κ3) is 4.62. The minimum absolute atomic E-state index is 0.0117. The summed E-state index contributed by atoms with van der Waals surface area (Å²) in [7, 11) is 1.62. The minimum atomic E-state index is -0.195. The molecule has 1 rings (SSSR count). The van der Waals surface area contributed by atoms with Gasteiger partial charge in [0.2, 0.25) is 0 Å². The van der Waals surface area contributed by atoms with Gasteiger partial charge in [0.05, 0.1) is 12.1 Å². The summed E-state index contributed by atoms with van der Waals surface area (Å²) in [5.41, 5.74) is 0. The predicted molar refractivity (Wildman–Crippen MR) is 72.9 cm³/mol. The fourth-order valence-corrected chi connectivity index (χ4v) is 2.17. The molecule has 2 atom stereocenters. The molecule has 0 saturated carbocycles. The monoisotopic (exact) mass is 271 g/mol. The molecule has 1 aromatic heterocycles. The number of ether oxygens (including phenoxy) is 1. The Bertz CT molecular complexity index is 381. The van der Waals surface area contributed by atoms with E-state index in [0.717, 1.165) is 11.4 Å². The van der Waals surface area contributed by atoms with E-state index < -0.39 is 0 Å². The number of nitrogens with zero attached hydrogens (tertiary/aromatic N) is 1. The van der Waals surface area contributed by atoms with Crippen molar-refractivity contribution in [3.63, 3.8) is 0 Å². The summed E-state index contributed by atoms with van der Waals surface area (Å²) in [6, 6.07) is -0.271. The summed E-state index contributed by atoms with van der Waals surface area (Å²) in [5.74, 6) is 0. The largest absolute Gasteiger partial charge is 0.380 e. The van der Waals surface area contributed by atoms with Gasteiger partial charge in [-0.05, 0) is 20.3 Å². The van der Waals surface area contributed by atoms with Gasteiger partial charge in [0.1, 0.15) is 5.01 Å². The second kappa shape index (κ2) is 7.33. The first kappa shape index (κ1) is 14.9. The molecule has 1 heterocycles. The van der Waals surface area contributed by atoms with Crippen LogP contribution >= 0.6 is 11.3 Å². The van der Waals surface area contributed by atoms with E-state index in [1.165, 1.54) is 4.88 Å². The summed E-state index contributed by atoms with van der Waals surface area (Å²) >= 11 is 1.63. The van der Waals surface area contributed by atoms with Gasteiger partial charge in [0.15, 0.2) is 0 Å². The number of hydrogen-bond donors (Lipinski definition) is 2. The fourth-order valence-electron chi connectivity index (χ4n) is 1.32. The zero-order valence-electron chi connectivity index (χ0n) is 11.3. The molecule has 0 saturated heterocycles. The lowest BCUT2D eigenvalue weighted by atomic mass is 10.3. The van der Waals surface area contributed by atoms with Crippen LogP contribution in [0.25, 0.3) is 0 Å². The molecule has 1 aromatic rings. The van der Waals surface area contributed by atoms with Gasteiger partial charge in [-0.25, -0.2) is 9.78 Å². The maximum Gasteiger partial charge on any atom is 0.315 e. The number of amides is 2. The lowest BCUT2D eigenvalue weighted by Crippen LogP contribution is -2.40. The van der Waals surface area contributed by atoms with E-state index in [1.54, 1.807) is 18.4 Å². The third-order valence-electron chi connectivity index (χ3n) is 2.59. The number of aryl methyl sites for hydroxylation is 1. The Balaban J connectivity index is 2.39. The smallest absolute Gasteiger partial charge is 0.315 e. The maximum absolute atomic E-state index is 11.6. The van der Waals surface area contributed by atoms with E-state index in [-0.39, 0.29) is 18.2 Å². The second-order valence-corrected chi connectivity index (χ2v) is 5.29. The van der Waals surface area contributed by atoms with Gasteiger partial charge in [0, 0.05) is 24.7 Å². The van der Waals surface area contributed by atoms with Crippen molar-refractivity contribution in [3.8, 4) is 0 Å². The molecule has 0 radical (unpaired) electrons. The standard InChI is InChI=1S/C12H21N3O2S/c1-5-10-7-13-11(18-10)9(3)15-12(16)14-6-8(2)17-4/h7-9H,5-6H2,1-4H3,(H2,14,15,16)/t8-,9-/m0/s1. The molecule has 0 aliphatic carbocycles. The van der Waals surface area contributed by atoms with Crippen molar-refractivity contribution in [1.29, 1.82) is 0 Å². The van der Waals surface area contributed by atoms with Crippen LogP contribution in [0, 0.1) is 0 Å². The molecular weight excluding hydrogens is 250 g/mol. The number of methoxy groups -OCH3 is 1. The second-order valence-electron chi connectivity index (χ2n) is 4.14. The summed E-state index contributed by atoms with van der Waals surface area (Å²) in [6.45, 7) is 6.41. The highest BCUT2D eigenvalue weighted by molar-refractivity contribution is 7.11. The Kier molecular flexibility index (Phi) is 6.07. The zero-order chi connectivity index (χ0) is 13.5. The average Bonchev–Trinajstić information content (AvgIpc) is 2.84. The summed E-state index contributed by atoms with van der Waals surface area (Å²) in [4.78, 5) is 17.2. The minimum Gasteiger partial charge on any atom is -0.380 e. The molecule has 5 nitrogen and oxygen atoms in total. The summed E-state index contributed by atoms with van der Waals surface area (Å²) < 4.78 is 5.06. The molecule has 0 fully saturated rings. The first-order valence-electron chi connectivity index (χ1n) is 6.08. The summed E-state index contributed by atoms with van der Waals surface area (Å²) in [5, 5.41) is 6.54. The highest BCUT2D eigenvalue weighted by atomic mass is 32.1. The van der Waals surface area contributed by atoms with Crippen molar-refractivity contribution in [1.82, 2.24) is 15.6 Å². The molecule has 6 heteroatoms. The Morgan fingerprint density at radius 1 is 1.56 bits per heavy atom.